The van der Waals surface area contributed by atoms with Gasteiger partial charge in [-0.15, -0.1) is 0 Å². The van der Waals surface area contributed by atoms with Crippen molar-refractivity contribution in [3.63, 3.8) is 0 Å². The van der Waals surface area contributed by atoms with Gasteiger partial charge in [0.25, 0.3) is 5.78 Å². The summed E-state index contributed by atoms with van der Waals surface area (Å²) < 4.78 is 0.869. The second-order valence-electron chi connectivity index (χ2n) is 7.67. The number of carbonyl (C=O) groups is 2. The molecule has 1 amide bonds. The van der Waals surface area contributed by atoms with Gasteiger partial charge in [0.1, 0.15) is 5.76 Å². The fraction of sp³-hybridized carbons (Fsp3) is 0.0800. The van der Waals surface area contributed by atoms with Crippen LogP contribution in [0.5, 0.6) is 0 Å². The lowest BCUT2D eigenvalue weighted by Crippen LogP contribution is -2.29. The molecule has 1 aromatic heterocycles. The zero-order chi connectivity index (χ0) is 23.3. The summed E-state index contributed by atoms with van der Waals surface area (Å²) in [7, 11) is 0. The SMILES string of the molecule is Cc1ccc(/C(O)=C2\C(=O)C(=O)N(c3nc4ccccc4s3)[C@@H]2c2ccc(Cl)cc2Cl)cc1. The van der Waals surface area contributed by atoms with E-state index in [0.717, 1.165) is 10.3 Å². The van der Waals surface area contributed by atoms with Gasteiger partial charge in [-0.2, -0.15) is 0 Å². The number of amides is 1. The summed E-state index contributed by atoms with van der Waals surface area (Å²) in [5.41, 5.74) is 2.55. The van der Waals surface area contributed by atoms with Crippen LogP contribution in [0.2, 0.25) is 10.0 Å². The second kappa shape index (κ2) is 8.30. The predicted molar refractivity (Wildman–Crippen MR) is 132 cm³/mol. The van der Waals surface area contributed by atoms with Crippen molar-refractivity contribution in [2.45, 2.75) is 13.0 Å². The molecule has 0 unspecified atom stereocenters. The first-order chi connectivity index (χ1) is 15.8. The quantitative estimate of drug-likeness (QED) is 0.199. The number of ketones is 1. The summed E-state index contributed by atoms with van der Waals surface area (Å²) >= 11 is 13.9. The molecule has 0 radical (unpaired) electrons. The number of Topliss-reactive ketones (excluding diaryl/α,β-unsaturated/α-hetero) is 1. The molecule has 0 saturated carbocycles. The Labute approximate surface area is 203 Å². The number of aliphatic hydroxyl groups excluding tert-OH is 1. The molecule has 0 aliphatic carbocycles. The third-order valence-electron chi connectivity index (χ3n) is 5.52. The highest BCUT2D eigenvalue weighted by molar-refractivity contribution is 7.22. The number of para-hydroxylation sites is 1. The number of fused-ring (bicyclic) bond motifs is 1. The number of aryl methyl sites for hydroxylation is 1. The van der Waals surface area contributed by atoms with E-state index in [2.05, 4.69) is 4.98 Å². The highest BCUT2D eigenvalue weighted by Crippen LogP contribution is 2.46. The Balaban J connectivity index is 1.76. The topological polar surface area (TPSA) is 70.5 Å². The number of hydrogen-bond acceptors (Lipinski definition) is 5. The van der Waals surface area contributed by atoms with Gasteiger partial charge in [0.2, 0.25) is 0 Å². The van der Waals surface area contributed by atoms with Crippen LogP contribution in [0.1, 0.15) is 22.7 Å². The van der Waals surface area contributed by atoms with Gasteiger partial charge in [-0.3, -0.25) is 14.5 Å². The van der Waals surface area contributed by atoms with Gasteiger partial charge in [-0.05, 0) is 36.8 Å². The number of thiazole rings is 1. The first-order valence-electron chi connectivity index (χ1n) is 10.0. The number of carbonyl (C=O) groups excluding carboxylic acids is 2. The van der Waals surface area contributed by atoms with Gasteiger partial charge >= 0.3 is 5.91 Å². The maximum atomic E-state index is 13.3. The van der Waals surface area contributed by atoms with Gasteiger partial charge in [-0.25, -0.2) is 4.98 Å². The largest absolute Gasteiger partial charge is 0.507 e. The van der Waals surface area contributed by atoms with Crippen molar-refractivity contribution in [2.24, 2.45) is 0 Å². The highest BCUT2D eigenvalue weighted by atomic mass is 35.5. The van der Waals surface area contributed by atoms with Crippen molar-refractivity contribution in [1.29, 1.82) is 0 Å². The van der Waals surface area contributed by atoms with Crippen molar-refractivity contribution in [3.05, 3.63) is 99.0 Å². The van der Waals surface area contributed by atoms with Gasteiger partial charge < -0.3 is 5.11 Å². The van der Waals surface area contributed by atoms with Crippen LogP contribution in [0.25, 0.3) is 16.0 Å². The Morgan fingerprint density at radius 2 is 1.76 bits per heavy atom. The van der Waals surface area contributed by atoms with E-state index in [4.69, 9.17) is 23.2 Å². The molecule has 1 aliphatic rings. The molecule has 33 heavy (non-hydrogen) atoms. The molecule has 0 bridgehead atoms. The first kappa shape index (κ1) is 21.6. The Morgan fingerprint density at radius 1 is 1.03 bits per heavy atom. The van der Waals surface area contributed by atoms with E-state index < -0.39 is 17.7 Å². The van der Waals surface area contributed by atoms with Crippen molar-refractivity contribution in [2.75, 3.05) is 4.90 Å². The Morgan fingerprint density at radius 3 is 2.45 bits per heavy atom. The van der Waals surface area contributed by atoms with Crippen LogP contribution in [0, 0.1) is 6.92 Å². The van der Waals surface area contributed by atoms with Crippen LogP contribution in [-0.4, -0.2) is 21.8 Å². The fourth-order valence-corrected chi connectivity index (χ4v) is 5.38. The van der Waals surface area contributed by atoms with E-state index in [1.54, 1.807) is 30.3 Å². The summed E-state index contributed by atoms with van der Waals surface area (Å²) in [4.78, 5) is 32.4. The maximum Gasteiger partial charge on any atom is 0.301 e. The van der Waals surface area contributed by atoms with Crippen molar-refractivity contribution in [1.82, 2.24) is 4.98 Å². The molecule has 1 aliphatic heterocycles. The Hall–Kier alpha value is -3.19. The monoisotopic (exact) mass is 494 g/mol. The van der Waals surface area contributed by atoms with Crippen molar-refractivity contribution in [3.8, 4) is 0 Å². The molecule has 1 N–H and O–H groups in total. The lowest BCUT2D eigenvalue weighted by atomic mass is 9.95. The zero-order valence-corrected chi connectivity index (χ0v) is 19.6. The molecular weight excluding hydrogens is 479 g/mol. The number of nitrogens with zero attached hydrogens (tertiary/aromatic N) is 2. The minimum atomic E-state index is -0.961. The molecule has 1 fully saturated rings. The number of aliphatic hydroxyl groups is 1. The average molecular weight is 495 g/mol. The van der Waals surface area contributed by atoms with E-state index in [1.165, 1.54) is 16.2 Å². The summed E-state index contributed by atoms with van der Waals surface area (Å²) in [5, 5.41) is 12.2. The van der Waals surface area contributed by atoms with Crippen LogP contribution in [-0.2, 0) is 9.59 Å². The lowest BCUT2D eigenvalue weighted by Gasteiger charge is -2.24. The Bertz CT molecular complexity index is 1430. The van der Waals surface area contributed by atoms with Crippen LogP contribution in [0.3, 0.4) is 0 Å². The van der Waals surface area contributed by atoms with Crippen LogP contribution >= 0.6 is 34.5 Å². The number of hydrogen-bond donors (Lipinski definition) is 1. The third-order valence-corrected chi connectivity index (χ3v) is 7.11. The van der Waals surface area contributed by atoms with Crippen LogP contribution < -0.4 is 4.90 Å². The molecule has 0 spiro atoms. The van der Waals surface area contributed by atoms with Gasteiger partial charge in [0.05, 0.1) is 21.8 Å². The van der Waals surface area contributed by atoms with E-state index in [1.807, 2.05) is 43.3 Å². The van der Waals surface area contributed by atoms with E-state index >= 15 is 0 Å². The average Bonchev–Trinajstić information content (AvgIpc) is 3.32. The third kappa shape index (κ3) is 3.70. The van der Waals surface area contributed by atoms with Crippen LogP contribution in [0.15, 0.2) is 72.3 Å². The molecular formula is C25H16Cl2N2O3S. The highest BCUT2D eigenvalue weighted by Gasteiger charge is 2.48. The van der Waals surface area contributed by atoms with Gasteiger partial charge in [0, 0.05) is 15.6 Å². The zero-order valence-electron chi connectivity index (χ0n) is 17.3. The first-order valence-corrected chi connectivity index (χ1v) is 11.6. The Kier molecular flexibility index (Phi) is 5.44. The summed E-state index contributed by atoms with van der Waals surface area (Å²) in [6.45, 7) is 1.92. The minimum Gasteiger partial charge on any atom is -0.507 e. The smallest absolute Gasteiger partial charge is 0.301 e. The van der Waals surface area contributed by atoms with Crippen molar-refractivity contribution < 1.29 is 14.7 Å². The standard InChI is InChI=1S/C25H16Cl2N2O3S/c1-13-6-8-14(9-7-13)22(30)20-21(16-11-10-15(26)12-17(16)27)29(24(32)23(20)31)25-28-18-4-2-3-5-19(18)33-25/h2-12,21,30H,1H3/b22-20+/t21-/m1/s1. The molecule has 164 valence electrons. The minimum absolute atomic E-state index is 0.0488. The summed E-state index contributed by atoms with van der Waals surface area (Å²) in [5.74, 6) is -1.85. The fourth-order valence-electron chi connectivity index (χ4n) is 3.88. The second-order valence-corrected chi connectivity index (χ2v) is 9.52. The number of aromatic nitrogens is 1. The maximum absolute atomic E-state index is 13.3. The van der Waals surface area contributed by atoms with E-state index in [-0.39, 0.29) is 16.4 Å². The molecule has 3 aromatic carbocycles. The van der Waals surface area contributed by atoms with Gasteiger partial charge in [0.15, 0.2) is 5.13 Å². The summed E-state index contributed by atoms with van der Waals surface area (Å²) in [6.07, 6.45) is 0. The molecule has 2 heterocycles. The number of rotatable bonds is 3. The molecule has 8 heteroatoms. The number of halogens is 2. The van der Waals surface area contributed by atoms with E-state index in [9.17, 15) is 14.7 Å². The molecule has 5 nitrogen and oxygen atoms in total. The molecule has 5 rings (SSSR count). The normalized spacial score (nSPS) is 17.8. The lowest BCUT2D eigenvalue weighted by molar-refractivity contribution is -0.132. The van der Waals surface area contributed by atoms with Crippen molar-refractivity contribution >= 4 is 67.3 Å². The van der Waals surface area contributed by atoms with E-state index in [0.29, 0.717) is 26.8 Å². The predicted octanol–water partition coefficient (Wildman–Crippen LogP) is 6.54. The molecule has 1 atom stereocenters. The van der Waals surface area contributed by atoms with Crippen LogP contribution in [0.4, 0.5) is 5.13 Å². The summed E-state index contributed by atoms with van der Waals surface area (Å²) in [6, 6.07) is 18.4. The molecule has 1 saturated heterocycles. The molecule has 4 aromatic rings. The number of anilines is 1. The number of benzene rings is 3. The van der Waals surface area contributed by atoms with Gasteiger partial charge in [-0.1, -0.05) is 82.6 Å².